The molecule has 1 saturated heterocycles. The van der Waals surface area contributed by atoms with Crippen molar-refractivity contribution in [1.29, 1.82) is 0 Å². The normalized spacial score (nSPS) is 20.9. The van der Waals surface area contributed by atoms with E-state index in [0.29, 0.717) is 0 Å². The quantitative estimate of drug-likeness (QED) is 0.867. The van der Waals surface area contributed by atoms with Crippen LogP contribution in [0, 0.1) is 17.2 Å². The Balaban J connectivity index is 2.23. The van der Waals surface area contributed by atoms with Crippen LogP contribution < -0.4 is 5.32 Å². The minimum atomic E-state index is -0.562. The second kappa shape index (κ2) is 6.56. The van der Waals surface area contributed by atoms with Crippen molar-refractivity contribution in [2.24, 2.45) is 11.3 Å². The highest BCUT2D eigenvalue weighted by Crippen LogP contribution is 2.33. The van der Waals surface area contributed by atoms with Crippen molar-refractivity contribution in [3.63, 3.8) is 0 Å². The maximum absolute atomic E-state index is 13.5. The summed E-state index contributed by atoms with van der Waals surface area (Å²) in [5, 5.41) is 3.33. The third kappa shape index (κ3) is 4.27. The Morgan fingerprint density at radius 3 is 2.76 bits per heavy atom. The van der Waals surface area contributed by atoms with Crippen molar-refractivity contribution in [1.82, 2.24) is 5.32 Å². The van der Waals surface area contributed by atoms with E-state index < -0.39 is 5.41 Å². The van der Waals surface area contributed by atoms with Crippen LogP contribution in [-0.2, 0) is 9.53 Å². The van der Waals surface area contributed by atoms with Gasteiger partial charge in [0.2, 0.25) is 0 Å². The molecule has 2 rings (SSSR count). The average molecular weight is 293 g/mol. The van der Waals surface area contributed by atoms with Crippen molar-refractivity contribution in [2.75, 3.05) is 13.1 Å². The zero-order valence-corrected chi connectivity index (χ0v) is 13.0. The molecule has 1 aliphatic heterocycles. The van der Waals surface area contributed by atoms with E-state index >= 15 is 0 Å². The van der Waals surface area contributed by atoms with Gasteiger partial charge in [-0.1, -0.05) is 12.1 Å². The number of esters is 1. The lowest BCUT2D eigenvalue weighted by atomic mass is 9.88. The Morgan fingerprint density at radius 1 is 1.43 bits per heavy atom. The molecule has 21 heavy (non-hydrogen) atoms. The van der Waals surface area contributed by atoms with Crippen LogP contribution in [0.4, 0.5) is 4.39 Å². The van der Waals surface area contributed by atoms with Gasteiger partial charge in [-0.2, -0.15) is 0 Å². The number of hydrogen-bond donors (Lipinski definition) is 1. The molecule has 0 amide bonds. The molecule has 4 heteroatoms. The van der Waals surface area contributed by atoms with Crippen LogP contribution in [0.5, 0.6) is 0 Å². The molecule has 1 aromatic rings. The lowest BCUT2D eigenvalue weighted by molar-refractivity contribution is -0.162. The zero-order chi connectivity index (χ0) is 15.5. The number of nitrogens with one attached hydrogen (secondary N) is 1. The summed E-state index contributed by atoms with van der Waals surface area (Å²) < 4.78 is 19.3. The number of piperidine rings is 1. The van der Waals surface area contributed by atoms with E-state index in [2.05, 4.69) is 5.32 Å². The summed E-state index contributed by atoms with van der Waals surface area (Å²) in [5.41, 5.74) is 0.175. The molecule has 0 bridgehead atoms. The van der Waals surface area contributed by atoms with Crippen LogP contribution in [0.15, 0.2) is 24.3 Å². The van der Waals surface area contributed by atoms with E-state index in [4.69, 9.17) is 4.74 Å². The van der Waals surface area contributed by atoms with E-state index in [-0.39, 0.29) is 23.8 Å². The minimum absolute atomic E-state index is 0.187. The van der Waals surface area contributed by atoms with Crippen molar-refractivity contribution in [3.05, 3.63) is 35.6 Å². The van der Waals surface area contributed by atoms with Gasteiger partial charge in [0, 0.05) is 12.5 Å². The Labute approximate surface area is 125 Å². The molecule has 0 aliphatic carbocycles. The number of carbonyl (C=O) groups excluding carboxylic acids is 1. The molecule has 0 spiro atoms. The standard InChI is InChI=1S/C17H24FNO2/c1-17(2,3)16(20)21-15(13-7-5-9-19-11-13)12-6-4-8-14(18)10-12/h4,6,8,10,13,15,19H,5,7,9,11H2,1-3H3/t13-,15+/m1/s1. The van der Waals surface area contributed by atoms with Gasteiger partial charge in [0.15, 0.2) is 0 Å². The van der Waals surface area contributed by atoms with Gasteiger partial charge in [-0.15, -0.1) is 0 Å². The molecule has 2 atom stereocenters. The van der Waals surface area contributed by atoms with Gasteiger partial charge in [0.05, 0.1) is 5.41 Å². The van der Waals surface area contributed by atoms with Crippen LogP contribution >= 0.6 is 0 Å². The summed E-state index contributed by atoms with van der Waals surface area (Å²) >= 11 is 0. The van der Waals surface area contributed by atoms with Crippen molar-refractivity contribution in [3.8, 4) is 0 Å². The van der Waals surface area contributed by atoms with Crippen LogP contribution in [0.2, 0.25) is 0 Å². The molecule has 116 valence electrons. The van der Waals surface area contributed by atoms with Gasteiger partial charge in [0.25, 0.3) is 0 Å². The predicted molar refractivity (Wildman–Crippen MR) is 80.3 cm³/mol. The van der Waals surface area contributed by atoms with Gasteiger partial charge in [-0.05, 0) is 57.9 Å². The van der Waals surface area contributed by atoms with E-state index in [1.807, 2.05) is 26.8 Å². The first-order valence-electron chi connectivity index (χ1n) is 7.55. The fraction of sp³-hybridized carbons (Fsp3) is 0.588. The maximum Gasteiger partial charge on any atom is 0.311 e. The summed E-state index contributed by atoms with van der Waals surface area (Å²) in [4.78, 5) is 12.2. The summed E-state index contributed by atoms with van der Waals surface area (Å²) in [5.74, 6) is -0.359. The largest absolute Gasteiger partial charge is 0.457 e. The van der Waals surface area contributed by atoms with Gasteiger partial charge in [-0.3, -0.25) is 4.79 Å². The molecule has 1 fully saturated rings. The molecule has 0 saturated carbocycles. The topological polar surface area (TPSA) is 38.3 Å². The minimum Gasteiger partial charge on any atom is -0.457 e. The third-order valence-electron chi connectivity index (χ3n) is 3.79. The summed E-state index contributed by atoms with van der Waals surface area (Å²) in [6, 6.07) is 6.37. The second-order valence-corrected chi connectivity index (χ2v) is 6.74. The zero-order valence-electron chi connectivity index (χ0n) is 13.0. The summed E-state index contributed by atoms with van der Waals surface area (Å²) in [6.45, 7) is 7.27. The van der Waals surface area contributed by atoms with E-state index in [9.17, 15) is 9.18 Å². The van der Waals surface area contributed by atoms with Crippen molar-refractivity contribution < 1.29 is 13.9 Å². The predicted octanol–water partition coefficient (Wildman–Crippen LogP) is 3.46. The monoisotopic (exact) mass is 293 g/mol. The lowest BCUT2D eigenvalue weighted by Crippen LogP contribution is -2.36. The highest BCUT2D eigenvalue weighted by Gasteiger charge is 2.32. The number of hydrogen-bond acceptors (Lipinski definition) is 3. The van der Waals surface area contributed by atoms with E-state index in [1.165, 1.54) is 12.1 Å². The maximum atomic E-state index is 13.5. The molecule has 1 aromatic carbocycles. The molecular formula is C17H24FNO2. The van der Waals surface area contributed by atoms with E-state index in [0.717, 1.165) is 31.5 Å². The SMILES string of the molecule is CC(C)(C)C(=O)O[C@@H](c1cccc(F)c1)[C@@H]1CCCNC1. The Kier molecular flexibility index (Phi) is 4.99. The van der Waals surface area contributed by atoms with Gasteiger partial charge < -0.3 is 10.1 Å². The fourth-order valence-electron chi connectivity index (χ4n) is 2.55. The number of benzene rings is 1. The Bertz CT molecular complexity index is 490. The number of halogens is 1. The van der Waals surface area contributed by atoms with Gasteiger partial charge >= 0.3 is 5.97 Å². The molecule has 1 N–H and O–H groups in total. The molecule has 1 aliphatic rings. The number of rotatable bonds is 3. The third-order valence-corrected chi connectivity index (χ3v) is 3.79. The van der Waals surface area contributed by atoms with Gasteiger partial charge in [0.1, 0.15) is 11.9 Å². The van der Waals surface area contributed by atoms with Crippen LogP contribution in [0.3, 0.4) is 0 Å². The summed E-state index contributed by atoms with van der Waals surface area (Å²) in [7, 11) is 0. The second-order valence-electron chi connectivity index (χ2n) is 6.74. The van der Waals surface area contributed by atoms with E-state index in [1.54, 1.807) is 6.07 Å². The van der Waals surface area contributed by atoms with Crippen LogP contribution in [0.25, 0.3) is 0 Å². The van der Waals surface area contributed by atoms with Gasteiger partial charge in [-0.25, -0.2) is 4.39 Å². The molecule has 0 aromatic heterocycles. The van der Waals surface area contributed by atoms with Crippen molar-refractivity contribution in [2.45, 2.75) is 39.7 Å². The lowest BCUT2D eigenvalue weighted by Gasteiger charge is -2.32. The highest BCUT2D eigenvalue weighted by atomic mass is 19.1. The average Bonchev–Trinajstić information content (AvgIpc) is 2.44. The fourth-order valence-corrected chi connectivity index (χ4v) is 2.55. The first-order chi connectivity index (χ1) is 9.88. The Morgan fingerprint density at radius 2 is 2.19 bits per heavy atom. The summed E-state index contributed by atoms with van der Waals surface area (Å²) in [6.07, 6.45) is 1.63. The molecule has 0 unspecified atom stereocenters. The van der Waals surface area contributed by atoms with Crippen LogP contribution in [0.1, 0.15) is 45.3 Å². The molecule has 1 heterocycles. The highest BCUT2D eigenvalue weighted by molar-refractivity contribution is 5.75. The smallest absolute Gasteiger partial charge is 0.311 e. The number of ether oxygens (including phenoxy) is 1. The van der Waals surface area contributed by atoms with Crippen LogP contribution in [-0.4, -0.2) is 19.1 Å². The first kappa shape index (κ1) is 16.0. The molecule has 0 radical (unpaired) electrons. The molecular weight excluding hydrogens is 269 g/mol. The molecule has 3 nitrogen and oxygen atoms in total. The first-order valence-corrected chi connectivity index (χ1v) is 7.55. The van der Waals surface area contributed by atoms with Crippen molar-refractivity contribution >= 4 is 5.97 Å². The number of carbonyl (C=O) groups is 1. The Hall–Kier alpha value is -1.42.